The Morgan fingerprint density at radius 2 is 1.07 bits per heavy atom. The molecule has 0 aliphatic carbocycles. The first-order valence-electron chi connectivity index (χ1n) is 25.1. The Morgan fingerprint density at radius 3 is 1.90 bits per heavy atom. The lowest BCUT2D eigenvalue weighted by atomic mass is 10.3. The SMILES string of the molecule is c1cc2n(c1)CCC2.c1cc2nc[nH]c2cn1.c1cc2nccn2cn1.c1ccn2cncc2c1.c1ccn2cnnc2c1.c1ccn2nccc2c1.c1ccn2ncnc2c1.c1cn2ccnc2cn1.c1cnn2cccc2c1. The first-order chi connectivity index (χ1) is 39.7. The lowest BCUT2D eigenvalue weighted by Crippen LogP contribution is -1.86. The Morgan fingerprint density at radius 1 is 0.388 bits per heavy atom. The molecule has 80 heavy (non-hydrogen) atoms. The number of imidazole rings is 4. The molecule has 0 spiro atoms. The predicted molar refractivity (Wildman–Crippen MR) is 304 cm³/mol. The zero-order chi connectivity index (χ0) is 54.2. The molecule has 0 aromatic carbocycles. The van der Waals surface area contributed by atoms with Gasteiger partial charge in [-0.15, -0.1) is 10.2 Å². The van der Waals surface area contributed by atoms with Gasteiger partial charge >= 0.3 is 0 Å². The van der Waals surface area contributed by atoms with Gasteiger partial charge in [0.05, 0.1) is 58.8 Å². The van der Waals surface area contributed by atoms with Crippen molar-refractivity contribution in [3.63, 3.8) is 0 Å². The highest BCUT2D eigenvalue weighted by atomic mass is 15.3. The molecule has 394 valence electrons. The van der Waals surface area contributed by atoms with Crippen LogP contribution in [0, 0.1) is 0 Å². The van der Waals surface area contributed by atoms with Crippen molar-refractivity contribution in [3.8, 4) is 0 Å². The fraction of sp³-hybridized carbons (Fsp3) is 0.0517. The van der Waals surface area contributed by atoms with Gasteiger partial charge in [0.15, 0.2) is 16.9 Å². The van der Waals surface area contributed by atoms with Crippen LogP contribution in [-0.2, 0) is 13.0 Å². The fourth-order valence-electron chi connectivity index (χ4n) is 7.79. The fourth-order valence-corrected chi connectivity index (χ4v) is 7.79. The number of hydrogen-bond donors (Lipinski definition) is 1. The smallest absolute Gasteiger partial charge is 0.160 e. The minimum Gasteiger partial charge on any atom is -0.351 e. The topological polar surface area (TPSA) is 219 Å². The molecule has 0 unspecified atom stereocenters. The van der Waals surface area contributed by atoms with E-state index in [0.717, 1.165) is 50.2 Å². The molecule has 0 radical (unpaired) electrons. The summed E-state index contributed by atoms with van der Waals surface area (Å²) in [5.41, 5.74) is 10.5. The number of fused-ring (bicyclic) bond motifs is 9. The van der Waals surface area contributed by atoms with Crippen molar-refractivity contribution in [3.05, 3.63) is 282 Å². The number of nitrogens with zero attached hydrogens (tertiary/aromatic N) is 21. The highest BCUT2D eigenvalue weighted by Gasteiger charge is 2.06. The number of hydrogen-bond acceptors (Lipinski definition) is 13. The van der Waals surface area contributed by atoms with Gasteiger partial charge in [-0.1, -0.05) is 24.3 Å². The van der Waals surface area contributed by atoms with Crippen molar-refractivity contribution in [2.45, 2.75) is 19.4 Å². The summed E-state index contributed by atoms with van der Waals surface area (Å²) in [5, 5.41) is 19.6. The zero-order valence-electron chi connectivity index (χ0n) is 43.0. The van der Waals surface area contributed by atoms with E-state index in [4.69, 9.17) is 0 Å². The van der Waals surface area contributed by atoms with Crippen molar-refractivity contribution >= 4 is 50.2 Å². The van der Waals surface area contributed by atoms with E-state index in [-0.39, 0.29) is 0 Å². The molecule has 17 aromatic heterocycles. The van der Waals surface area contributed by atoms with Gasteiger partial charge in [-0.25, -0.2) is 43.5 Å². The van der Waals surface area contributed by atoms with Gasteiger partial charge < -0.3 is 18.4 Å². The quantitative estimate of drug-likeness (QED) is 0.150. The third kappa shape index (κ3) is 14.4. The van der Waals surface area contributed by atoms with Crippen LogP contribution in [0.1, 0.15) is 12.1 Å². The first kappa shape index (κ1) is 51.9. The average Bonchev–Trinajstić information content (AvgIpc) is 4.36. The highest BCUT2D eigenvalue weighted by molar-refractivity contribution is 5.72. The number of H-pyrrole nitrogens is 1. The minimum atomic E-state index is 0.887. The molecule has 22 nitrogen and oxygen atoms in total. The van der Waals surface area contributed by atoms with Gasteiger partial charge in [0.1, 0.15) is 24.6 Å². The molecule has 0 atom stereocenters. The Balaban J connectivity index is 0.000000101. The molecule has 18 rings (SSSR count). The molecule has 0 amide bonds. The Hall–Kier alpha value is -11.6. The Labute approximate surface area is 456 Å². The van der Waals surface area contributed by atoms with Crippen LogP contribution in [0.3, 0.4) is 0 Å². The molecular weight excluding hydrogens is 1000 g/mol. The Kier molecular flexibility index (Phi) is 17.7. The van der Waals surface area contributed by atoms with Gasteiger partial charge in [0.25, 0.3) is 0 Å². The van der Waals surface area contributed by atoms with Crippen molar-refractivity contribution in [2.24, 2.45) is 0 Å². The summed E-state index contributed by atoms with van der Waals surface area (Å²) in [5.74, 6) is 0. The van der Waals surface area contributed by atoms with E-state index < -0.39 is 0 Å². The molecule has 0 fully saturated rings. The number of nitrogens with one attached hydrogen (secondary N) is 1. The third-order valence-corrected chi connectivity index (χ3v) is 11.7. The molecule has 18 heterocycles. The number of rotatable bonds is 0. The molecule has 1 aliphatic heterocycles. The van der Waals surface area contributed by atoms with Crippen LogP contribution in [0.15, 0.2) is 277 Å². The molecule has 17 aromatic rings. The van der Waals surface area contributed by atoms with E-state index in [2.05, 4.69) is 93.2 Å². The van der Waals surface area contributed by atoms with Crippen LogP contribution in [0.2, 0.25) is 0 Å². The summed E-state index contributed by atoms with van der Waals surface area (Å²) in [4.78, 5) is 34.7. The maximum absolute atomic E-state index is 4.06. The van der Waals surface area contributed by atoms with Crippen molar-refractivity contribution < 1.29 is 0 Å². The maximum Gasteiger partial charge on any atom is 0.160 e. The average molecular weight is 1060 g/mol. The standard InChI is InChI=1S/3C7H6N2.C7H9N.5C6H5N3/c1-3-7-4-2-6-9(7)8-5-1;1-2-6-9-7(3-1)4-5-8-9;1-2-4-9-6-8-5-7(9)3-1;1-3-7-4-2-6-8(7)5-1;1-3-9-4-2-8-6(9)5-7-1;1-2-7-3-6-5(1)8-4-9-6;1-2-7-5-9-4-3-8-6(1)9;1-2-4-9-5-7-8-6(9)3-1;1-2-4-9-6(3-1)7-5-8-9/h3*1-6H;1,3,5H,2,4,6H2;1-5H;1-4H,(H,8,9);3*1-5H. The number of aromatic amines is 1. The van der Waals surface area contributed by atoms with Crippen molar-refractivity contribution in [1.82, 2.24) is 106 Å². The van der Waals surface area contributed by atoms with E-state index >= 15 is 0 Å². The highest BCUT2D eigenvalue weighted by Crippen LogP contribution is 2.13. The van der Waals surface area contributed by atoms with E-state index in [1.807, 2.05) is 198 Å². The van der Waals surface area contributed by atoms with E-state index in [1.54, 1.807) is 85.6 Å². The van der Waals surface area contributed by atoms with Gasteiger partial charge in [-0.2, -0.15) is 15.3 Å². The van der Waals surface area contributed by atoms with Gasteiger partial charge in [-0.3, -0.25) is 18.8 Å². The van der Waals surface area contributed by atoms with Crippen LogP contribution in [0.4, 0.5) is 0 Å². The summed E-state index contributed by atoms with van der Waals surface area (Å²) in [6.45, 7) is 1.24. The molecule has 0 saturated heterocycles. The van der Waals surface area contributed by atoms with Crippen LogP contribution in [0.25, 0.3) is 50.2 Å². The largest absolute Gasteiger partial charge is 0.351 e. The monoisotopic (exact) mass is 1060 g/mol. The molecule has 0 saturated carbocycles. The molecular formula is C58H52N22. The number of aryl methyl sites for hydroxylation is 2. The summed E-state index contributed by atoms with van der Waals surface area (Å²) < 4.78 is 15.3. The third-order valence-electron chi connectivity index (χ3n) is 11.7. The van der Waals surface area contributed by atoms with Crippen LogP contribution in [-0.4, -0.2) is 106 Å². The van der Waals surface area contributed by atoms with E-state index in [0.29, 0.717) is 0 Å². The summed E-state index contributed by atoms with van der Waals surface area (Å²) >= 11 is 0. The lowest BCUT2D eigenvalue weighted by Gasteiger charge is -1.90. The molecule has 1 aliphatic rings. The van der Waals surface area contributed by atoms with Crippen molar-refractivity contribution in [1.29, 1.82) is 0 Å². The van der Waals surface area contributed by atoms with Gasteiger partial charge in [0, 0.05) is 111 Å². The predicted octanol–water partition coefficient (Wildman–Crippen LogP) is 9.31. The molecule has 22 heteroatoms. The summed E-state index contributed by atoms with van der Waals surface area (Å²) in [6.07, 6.45) is 45.9. The molecule has 0 bridgehead atoms. The van der Waals surface area contributed by atoms with Crippen LogP contribution in [0.5, 0.6) is 0 Å². The second-order valence-corrected chi connectivity index (χ2v) is 16.9. The normalized spacial score (nSPS) is 10.8. The second kappa shape index (κ2) is 27.3. The minimum absolute atomic E-state index is 0.887. The van der Waals surface area contributed by atoms with Crippen LogP contribution >= 0.6 is 0 Å². The Bertz CT molecular complexity index is 3440. The van der Waals surface area contributed by atoms with Crippen molar-refractivity contribution in [2.75, 3.05) is 0 Å². The van der Waals surface area contributed by atoms with E-state index in [9.17, 15) is 0 Å². The summed E-state index contributed by atoms with van der Waals surface area (Å²) in [7, 11) is 0. The number of aromatic nitrogens is 22. The van der Waals surface area contributed by atoms with Crippen LogP contribution < -0.4 is 0 Å². The molecule has 1 N–H and O–H groups in total. The van der Waals surface area contributed by atoms with Gasteiger partial charge in [-0.05, 0) is 116 Å². The number of pyridine rings is 5. The first-order valence-corrected chi connectivity index (χ1v) is 25.1. The van der Waals surface area contributed by atoms with Gasteiger partial charge in [0.2, 0.25) is 0 Å². The zero-order valence-corrected chi connectivity index (χ0v) is 43.0. The lowest BCUT2D eigenvalue weighted by molar-refractivity contribution is 0.750. The van der Waals surface area contributed by atoms with E-state index in [1.165, 1.54) is 31.4 Å². The maximum atomic E-state index is 4.06. The summed E-state index contributed by atoms with van der Waals surface area (Å²) in [6, 6.07) is 41.5. The second-order valence-electron chi connectivity index (χ2n) is 16.9.